The molecule has 0 aliphatic rings. The molecule has 0 unspecified atom stereocenters. The largest absolute Gasteiger partial charge is 0.375 e. The number of nitro groups is 1. The first-order valence-corrected chi connectivity index (χ1v) is 6.78. The average molecular weight is 270 g/mol. The third kappa shape index (κ3) is 2.17. The summed E-state index contributed by atoms with van der Waals surface area (Å²) in [6, 6.07) is 7.68. The van der Waals surface area contributed by atoms with Gasteiger partial charge >= 0.3 is 10.2 Å². The monoisotopic (exact) mass is 270 g/mol. The Morgan fingerprint density at radius 3 is 2.41 bits per heavy atom. The van der Waals surface area contributed by atoms with Gasteiger partial charge in [-0.3, -0.25) is 0 Å². The highest BCUT2D eigenvalue weighted by molar-refractivity contribution is 7.93. The number of aromatic nitrogens is 1. The van der Waals surface area contributed by atoms with Gasteiger partial charge in [0.05, 0.1) is 10.3 Å². The van der Waals surface area contributed by atoms with Gasteiger partial charge in [0.2, 0.25) is 0 Å². The molecule has 8 heteroatoms. The van der Waals surface area contributed by atoms with Gasteiger partial charge in [-0.05, 0) is 22.0 Å². The van der Waals surface area contributed by atoms with Crippen LogP contribution in [0.2, 0.25) is 0 Å². The molecule has 0 aliphatic heterocycles. The summed E-state index contributed by atoms with van der Waals surface area (Å²) in [4.78, 5) is 13.3. The van der Waals surface area contributed by atoms with Crippen molar-refractivity contribution in [1.82, 2.24) is 4.98 Å². The molecule has 88 valence electrons. The summed E-state index contributed by atoms with van der Waals surface area (Å²) in [5.41, 5.74) is 0. The summed E-state index contributed by atoms with van der Waals surface area (Å²) in [5, 5.41) is 11.5. The minimum Gasteiger partial charge on any atom is -0.358 e. The average Bonchev–Trinajstić information content (AvgIpc) is 2.80. The molecule has 0 saturated heterocycles. The van der Waals surface area contributed by atoms with Crippen molar-refractivity contribution in [3.63, 3.8) is 0 Å². The predicted octanol–water partition coefficient (Wildman–Crippen LogP) is 1.88. The van der Waals surface area contributed by atoms with Gasteiger partial charge in [0, 0.05) is 0 Å². The molecule has 0 saturated carbocycles. The summed E-state index contributed by atoms with van der Waals surface area (Å²) in [5.74, 6) is -0.454. The maximum Gasteiger partial charge on any atom is 0.375 e. The van der Waals surface area contributed by atoms with Crippen LogP contribution in [0.25, 0.3) is 0 Å². The van der Waals surface area contributed by atoms with Crippen LogP contribution in [-0.4, -0.2) is 18.3 Å². The van der Waals surface area contributed by atoms with Crippen LogP contribution in [-0.2, 0) is 9.84 Å². The molecule has 0 spiro atoms. The van der Waals surface area contributed by atoms with E-state index in [1.807, 2.05) is 0 Å². The smallest absolute Gasteiger partial charge is 0.358 e. The molecule has 6 nitrogen and oxygen atoms in total. The first kappa shape index (κ1) is 11.7. The Hall–Kier alpha value is -1.80. The van der Waals surface area contributed by atoms with Crippen molar-refractivity contribution in [2.75, 3.05) is 0 Å². The van der Waals surface area contributed by atoms with E-state index in [4.69, 9.17) is 0 Å². The van der Waals surface area contributed by atoms with E-state index >= 15 is 0 Å². The van der Waals surface area contributed by atoms with Gasteiger partial charge in [0.1, 0.15) is 0 Å². The van der Waals surface area contributed by atoms with Crippen LogP contribution in [0.3, 0.4) is 0 Å². The van der Waals surface area contributed by atoms with Crippen molar-refractivity contribution < 1.29 is 13.3 Å². The lowest BCUT2D eigenvalue weighted by atomic mass is 10.4. The second-order valence-corrected chi connectivity index (χ2v) is 6.03. The molecule has 2 aromatic rings. The van der Waals surface area contributed by atoms with Gasteiger partial charge in [0.25, 0.3) is 9.84 Å². The van der Waals surface area contributed by atoms with Gasteiger partial charge in [0.15, 0.2) is 0 Å². The fourth-order valence-corrected chi connectivity index (χ4v) is 3.52. The second-order valence-electron chi connectivity index (χ2n) is 3.05. The van der Waals surface area contributed by atoms with Crippen molar-refractivity contribution in [3.05, 3.63) is 45.8 Å². The Balaban J connectivity index is 2.49. The van der Waals surface area contributed by atoms with E-state index in [0.29, 0.717) is 0 Å². The lowest BCUT2D eigenvalue weighted by Crippen LogP contribution is -2.01. The summed E-state index contributed by atoms with van der Waals surface area (Å²) >= 11 is 0.739. The van der Waals surface area contributed by atoms with E-state index in [2.05, 4.69) is 4.98 Å². The van der Waals surface area contributed by atoms with Crippen molar-refractivity contribution in [3.8, 4) is 0 Å². The number of benzene rings is 1. The van der Waals surface area contributed by atoms with Crippen molar-refractivity contribution in [2.24, 2.45) is 0 Å². The molecule has 0 fully saturated rings. The summed E-state index contributed by atoms with van der Waals surface area (Å²) in [6.45, 7) is 0. The van der Waals surface area contributed by atoms with E-state index in [1.54, 1.807) is 18.2 Å². The number of rotatable bonds is 3. The Bertz CT molecular complexity index is 649. The quantitative estimate of drug-likeness (QED) is 0.627. The van der Waals surface area contributed by atoms with Crippen LogP contribution < -0.4 is 0 Å². The molecule has 0 bridgehead atoms. The topological polar surface area (TPSA) is 90.2 Å². The normalized spacial score (nSPS) is 11.3. The molecule has 1 aromatic carbocycles. The molecule has 0 N–H and O–H groups in total. The van der Waals surface area contributed by atoms with Crippen LogP contribution in [0.4, 0.5) is 5.82 Å². The number of hydrogen-bond donors (Lipinski definition) is 0. The summed E-state index contributed by atoms with van der Waals surface area (Å²) in [7, 11) is -3.75. The molecular formula is C9H6N2O4S2. The van der Waals surface area contributed by atoms with Gasteiger partial charge in [-0.2, -0.15) is 0 Å². The van der Waals surface area contributed by atoms with E-state index in [9.17, 15) is 18.5 Å². The molecule has 0 aliphatic carbocycles. The Kier molecular flexibility index (Phi) is 2.90. The lowest BCUT2D eigenvalue weighted by Gasteiger charge is -1.95. The Labute approximate surface area is 101 Å². The Morgan fingerprint density at radius 2 is 1.88 bits per heavy atom. The van der Waals surface area contributed by atoms with E-state index in [-0.39, 0.29) is 9.24 Å². The zero-order chi connectivity index (χ0) is 12.5. The number of thiazole rings is 1. The minimum absolute atomic E-state index is 0.0734. The van der Waals surface area contributed by atoms with Gasteiger partial charge in [-0.25, -0.2) is 8.42 Å². The maximum atomic E-state index is 12.0. The SMILES string of the molecule is O=[N+]([O-])c1csc(S(=O)(=O)c2ccccc2)n1. The van der Waals surface area contributed by atoms with Crippen LogP contribution in [0.1, 0.15) is 0 Å². The van der Waals surface area contributed by atoms with Crippen LogP contribution >= 0.6 is 11.3 Å². The third-order valence-electron chi connectivity index (χ3n) is 1.94. The molecule has 0 atom stereocenters. The fraction of sp³-hybridized carbons (Fsp3) is 0. The minimum atomic E-state index is -3.75. The first-order chi connectivity index (χ1) is 8.01. The van der Waals surface area contributed by atoms with Gasteiger partial charge < -0.3 is 10.1 Å². The van der Waals surface area contributed by atoms with Gasteiger partial charge in [-0.15, -0.1) is 0 Å². The molecule has 1 heterocycles. The van der Waals surface area contributed by atoms with Gasteiger partial charge in [-0.1, -0.05) is 29.5 Å². The third-order valence-corrected chi connectivity index (χ3v) is 4.95. The molecule has 17 heavy (non-hydrogen) atoms. The fourth-order valence-electron chi connectivity index (χ4n) is 1.16. The molecular weight excluding hydrogens is 264 g/mol. The highest BCUT2D eigenvalue weighted by atomic mass is 32.2. The molecule has 0 amide bonds. The van der Waals surface area contributed by atoms with E-state index in [0.717, 1.165) is 16.7 Å². The zero-order valence-electron chi connectivity index (χ0n) is 8.31. The van der Waals surface area contributed by atoms with E-state index in [1.165, 1.54) is 12.1 Å². The highest BCUT2D eigenvalue weighted by Crippen LogP contribution is 2.26. The summed E-state index contributed by atoms with van der Waals surface area (Å²) in [6.07, 6.45) is 0. The lowest BCUT2D eigenvalue weighted by molar-refractivity contribution is -0.389. The van der Waals surface area contributed by atoms with Crippen molar-refractivity contribution in [1.29, 1.82) is 0 Å². The van der Waals surface area contributed by atoms with Crippen LogP contribution in [0, 0.1) is 10.1 Å². The van der Waals surface area contributed by atoms with Crippen molar-refractivity contribution >= 4 is 27.0 Å². The van der Waals surface area contributed by atoms with Crippen molar-refractivity contribution in [2.45, 2.75) is 9.24 Å². The Morgan fingerprint density at radius 1 is 1.24 bits per heavy atom. The second kappa shape index (κ2) is 4.22. The van der Waals surface area contributed by atoms with Crippen LogP contribution in [0.5, 0.6) is 0 Å². The predicted molar refractivity (Wildman–Crippen MR) is 60.7 cm³/mol. The number of sulfone groups is 1. The first-order valence-electron chi connectivity index (χ1n) is 4.42. The molecule has 2 rings (SSSR count). The van der Waals surface area contributed by atoms with E-state index < -0.39 is 20.6 Å². The zero-order valence-corrected chi connectivity index (χ0v) is 9.94. The summed E-state index contributed by atoms with van der Waals surface area (Å²) < 4.78 is 23.7. The molecule has 0 radical (unpaired) electrons. The molecule has 1 aromatic heterocycles. The highest BCUT2D eigenvalue weighted by Gasteiger charge is 2.28. The van der Waals surface area contributed by atoms with Crippen LogP contribution in [0.15, 0.2) is 44.9 Å². The maximum absolute atomic E-state index is 12.0. The number of hydrogen-bond acceptors (Lipinski definition) is 6. The standard InChI is InChI=1S/C9H6N2O4S2/c12-11(13)8-6-16-9(10-8)17(14,15)7-4-2-1-3-5-7/h1-6H. The number of nitrogens with zero attached hydrogens (tertiary/aromatic N) is 2.